The van der Waals surface area contributed by atoms with E-state index in [1.807, 2.05) is 4.90 Å². The summed E-state index contributed by atoms with van der Waals surface area (Å²) in [5.74, 6) is 0.612. The Hall–Kier alpha value is -0.610. The molecule has 0 aromatic rings. The maximum atomic E-state index is 11.9. The molecule has 1 amide bonds. The number of nitrogens with two attached hydrogens (primary N) is 1. The molecule has 3 atom stereocenters. The molecule has 0 aliphatic carbocycles. The molecule has 1 aliphatic rings. The molecule has 0 radical (unpaired) electrons. The molecular formula is C10H20N2O2. The number of amides is 1. The summed E-state index contributed by atoms with van der Waals surface area (Å²) < 4.78 is 5.04. The van der Waals surface area contributed by atoms with Crippen molar-refractivity contribution in [3.05, 3.63) is 0 Å². The molecule has 2 N–H and O–H groups in total. The van der Waals surface area contributed by atoms with Gasteiger partial charge in [-0.25, -0.2) is 0 Å². The second kappa shape index (κ2) is 4.75. The lowest BCUT2D eigenvalue weighted by Gasteiger charge is -2.26. The van der Waals surface area contributed by atoms with Crippen molar-refractivity contribution in [1.82, 2.24) is 4.90 Å². The molecule has 0 aromatic carbocycles. The Morgan fingerprint density at radius 1 is 1.64 bits per heavy atom. The topological polar surface area (TPSA) is 55.6 Å². The van der Waals surface area contributed by atoms with E-state index >= 15 is 0 Å². The molecule has 1 fully saturated rings. The number of nitrogens with zero attached hydrogens (tertiary/aromatic N) is 1. The van der Waals surface area contributed by atoms with E-state index in [9.17, 15) is 4.79 Å². The van der Waals surface area contributed by atoms with Crippen molar-refractivity contribution in [2.24, 2.45) is 11.7 Å². The van der Waals surface area contributed by atoms with Crippen LogP contribution in [0.1, 0.15) is 20.3 Å². The van der Waals surface area contributed by atoms with E-state index in [0.29, 0.717) is 12.0 Å². The number of hydrogen-bond acceptors (Lipinski definition) is 3. The van der Waals surface area contributed by atoms with Crippen LogP contribution in [0.15, 0.2) is 0 Å². The first-order valence-electron chi connectivity index (χ1n) is 5.15. The van der Waals surface area contributed by atoms with E-state index < -0.39 is 6.10 Å². The van der Waals surface area contributed by atoms with Gasteiger partial charge in [-0.2, -0.15) is 0 Å². The van der Waals surface area contributed by atoms with Gasteiger partial charge >= 0.3 is 0 Å². The minimum Gasteiger partial charge on any atom is -0.370 e. The van der Waals surface area contributed by atoms with Gasteiger partial charge in [0.1, 0.15) is 6.10 Å². The summed E-state index contributed by atoms with van der Waals surface area (Å²) in [6, 6.07) is 0.312. The smallest absolute Gasteiger partial charge is 0.253 e. The van der Waals surface area contributed by atoms with Gasteiger partial charge in [0.25, 0.3) is 5.91 Å². The quantitative estimate of drug-likeness (QED) is 0.709. The SMILES string of the molecule is COC(CN)C(=O)N1CCC(C)C1C. The molecule has 1 heterocycles. The third kappa shape index (κ3) is 2.07. The zero-order valence-corrected chi connectivity index (χ0v) is 9.19. The predicted molar refractivity (Wildman–Crippen MR) is 54.8 cm³/mol. The van der Waals surface area contributed by atoms with Crippen LogP contribution < -0.4 is 5.73 Å². The normalized spacial score (nSPS) is 29.3. The van der Waals surface area contributed by atoms with Crippen LogP contribution in [0, 0.1) is 5.92 Å². The number of likely N-dealkylation sites (tertiary alicyclic amines) is 1. The average molecular weight is 200 g/mol. The molecule has 3 unspecified atom stereocenters. The van der Waals surface area contributed by atoms with Gasteiger partial charge in [0.05, 0.1) is 0 Å². The van der Waals surface area contributed by atoms with E-state index in [-0.39, 0.29) is 12.5 Å². The maximum absolute atomic E-state index is 11.9. The van der Waals surface area contributed by atoms with Gasteiger partial charge in [-0.15, -0.1) is 0 Å². The Morgan fingerprint density at radius 3 is 2.64 bits per heavy atom. The van der Waals surface area contributed by atoms with E-state index in [1.54, 1.807) is 0 Å². The summed E-state index contributed by atoms with van der Waals surface area (Å²) in [7, 11) is 1.53. The molecular weight excluding hydrogens is 180 g/mol. The lowest BCUT2D eigenvalue weighted by molar-refractivity contribution is -0.142. The van der Waals surface area contributed by atoms with Crippen molar-refractivity contribution in [2.45, 2.75) is 32.4 Å². The standard InChI is InChI=1S/C10H20N2O2/c1-7-4-5-12(8(7)2)10(13)9(6-11)14-3/h7-9H,4-6,11H2,1-3H3. The van der Waals surface area contributed by atoms with Gasteiger partial charge in [0.2, 0.25) is 0 Å². The fourth-order valence-corrected chi connectivity index (χ4v) is 1.89. The highest BCUT2D eigenvalue weighted by Gasteiger charge is 2.33. The molecule has 4 heteroatoms. The van der Waals surface area contributed by atoms with Crippen LogP contribution >= 0.6 is 0 Å². The number of ether oxygens (including phenoxy) is 1. The number of methoxy groups -OCH3 is 1. The zero-order valence-electron chi connectivity index (χ0n) is 9.19. The molecule has 0 bridgehead atoms. The Labute approximate surface area is 85.4 Å². The molecule has 0 aromatic heterocycles. The molecule has 0 saturated carbocycles. The molecule has 4 nitrogen and oxygen atoms in total. The minimum atomic E-state index is -0.470. The van der Waals surface area contributed by atoms with Crippen molar-refractivity contribution in [3.63, 3.8) is 0 Å². The Balaban J connectivity index is 2.60. The zero-order chi connectivity index (χ0) is 10.7. The fourth-order valence-electron chi connectivity index (χ4n) is 1.89. The van der Waals surface area contributed by atoms with E-state index in [0.717, 1.165) is 13.0 Å². The van der Waals surface area contributed by atoms with Crippen molar-refractivity contribution in [1.29, 1.82) is 0 Å². The number of rotatable bonds is 3. The summed E-state index contributed by atoms with van der Waals surface area (Å²) in [5, 5.41) is 0. The van der Waals surface area contributed by atoms with E-state index in [2.05, 4.69) is 13.8 Å². The summed E-state index contributed by atoms with van der Waals surface area (Å²) >= 11 is 0. The summed E-state index contributed by atoms with van der Waals surface area (Å²) in [6.45, 7) is 5.34. The highest BCUT2D eigenvalue weighted by atomic mass is 16.5. The van der Waals surface area contributed by atoms with E-state index in [4.69, 9.17) is 10.5 Å². The van der Waals surface area contributed by atoms with Crippen LogP contribution in [0.25, 0.3) is 0 Å². The lowest BCUT2D eigenvalue weighted by atomic mass is 10.1. The third-order valence-electron chi connectivity index (χ3n) is 3.20. The molecule has 82 valence electrons. The minimum absolute atomic E-state index is 0.0341. The fraction of sp³-hybridized carbons (Fsp3) is 0.900. The molecule has 14 heavy (non-hydrogen) atoms. The van der Waals surface area contributed by atoms with Crippen molar-refractivity contribution in [3.8, 4) is 0 Å². The van der Waals surface area contributed by atoms with Crippen LogP contribution in [-0.4, -0.2) is 43.2 Å². The maximum Gasteiger partial charge on any atom is 0.253 e. The second-order valence-electron chi connectivity index (χ2n) is 4.00. The summed E-state index contributed by atoms with van der Waals surface area (Å²) in [4.78, 5) is 13.8. The number of hydrogen-bond donors (Lipinski definition) is 1. The highest BCUT2D eigenvalue weighted by Crippen LogP contribution is 2.24. The Kier molecular flexibility index (Phi) is 3.89. The lowest BCUT2D eigenvalue weighted by Crippen LogP contribution is -2.45. The number of carbonyl (C=O) groups is 1. The van der Waals surface area contributed by atoms with Gasteiger partial charge in [-0.05, 0) is 19.3 Å². The first-order valence-corrected chi connectivity index (χ1v) is 5.15. The van der Waals surface area contributed by atoms with Crippen LogP contribution in [0.4, 0.5) is 0 Å². The Morgan fingerprint density at radius 2 is 2.29 bits per heavy atom. The van der Waals surface area contributed by atoms with Crippen molar-refractivity contribution >= 4 is 5.91 Å². The third-order valence-corrected chi connectivity index (χ3v) is 3.20. The summed E-state index contributed by atoms with van der Waals surface area (Å²) in [5.41, 5.74) is 5.46. The second-order valence-corrected chi connectivity index (χ2v) is 4.00. The van der Waals surface area contributed by atoms with Crippen LogP contribution in [0.5, 0.6) is 0 Å². The van der Waals surface area contributed by atoms with Crippen LogP contribution in [-0.2, 0) is 9.53 Å². The van der Waals surface area contributed by atoms with Crippen LogP contribution in [0.3, 0.4) is 0 Å². The molecule has 1 saturated heterocycles. The van der Waals surface area contributed by atoms with Crippen LogP contribution in [0.2, 0.25) is 0 Å². The molecule has 1 rings (SSSR count). The van der Waals surface area contributed by atoms with E-state index in [1.165, 1.54) is 7.11 Å². The summed E-state index contributed by atoms with van der Waals surface area (Å²) in [6.07, 6.45) is 0.608. The van der Waals surface area contributed by atoms with Gasteiger partial charge in [-0.3, -0.25) is 4.79 Å². The molecule has 1 aliphatic heterocycles. The first kappa shape index (κ1) is 11.5. The molecule has 0 spiro atoms. The average Bonchev–Trinajstić information content (AvgIpc) is 2.49. The van der Waals surface area contributed by atoms with Crippen molar-refractivity contribution in [2.75, 3.05) is 20.2 Å². The first-order chi connectivity index (χ1) is 6.61. The monoisotopic (exact) mass is 200 g/mol. The van der Waals surface area contributed by atoms with Gasteiger partial charge < -0.3 is 15.4 Å². The highest BCUT2D eigenvalue weighted by molar-refractivity contribution is 5.81. The van der Waals surface area contributed by atoms with Crippen molar-refractivity contribution < 1.29 is 9.53 Å². The van der Waals surface area contributed by atoms with Gasteiger partial charge in [-0.1, -0.05) is 6.92 Å². The van der Waals surface area contributed by atoms with Gasteiger partial charge in [0, 0.05) is 26.2 Å². The largest absolute Gasteiger partial charge is 0.370 e. The van der Waals surface area contributed by atoms with Gasteiger partial charge in [0.15, 0.2) is 0 Å². The Bertz CT molecular complexity index is 204. The predicted octanol–water partition coefficient (Wildman–Crippen LogP) is 0.217. The number of carbonyl (C=O) groups excluding carboxylic acids is 1.